The van der Waals surface area contributed by atoms with E-state index in [2.05, 4.69) is 11.9 Å². The second-order valence-electron chi connectivity index (χ2n) is 3.04. The molecule has 0 aromatic heterocycles. The van der Waals surface area contributed by atoms with Gasteiger partial charge in [-0.25, -0.2) is 4.79 Å². The minimum atomic E-state index is -0.930. The number of hydrogen-bond donors (Lipinski definition) is 2. The first-order chi connectivity index (χ1) is 6.70. The first-order valence-corrected chi connectivity index (χ1v) is 4.19. The molecule has 0 saturated heterocycles. The van der Waals surface area contributed by atoms with Crippen LogP contribution in [0.25, 0.3) is 5.57 Å². The lowest BCUT2D eigenvalue weighted by molar-refractivity contribution is 0.0696. The van der Waals surface area contributed by atoms with Crippen LogP contribution in [0.3, 0.4) is 0 Å². The number of carbonyl (C=O) groups is 1. The molecule has 0 amide bonds. The summed E-state index contributed by atoms with van der Waals surface area (Å²) in [6.45, 7) is 3.81. The van der Waals surface area contributed by atoms with Crippen molar-refractivity contribution in [2.24, 2.45) is 0 Å². The summed E-state index contributed by atoms with van der Waals surface area (Å²) < 4.78 is 0. The molecular weight excluding hydrogens is 178 g/mol. The topological polar surface area (TPSA) is 49.3 Å². The number of anilines is 1. The normalized spacial score (nSPS) is 13.3. The van der Waals surface area contributed by atoms with Gasteiger partial charge in [0.05, 0.1) is 5.56 Å². The van der Waals surface area contributed by atoms with Gasteiger partial charge >= 0.3 is 5.97 Å². The number of rotatable bonds is 1. The van der Waals surface area contributed by atoms with Crippen LogP contribution < -0.4 is 5.32 Å². The highest BCUT2D eigenvalue weighted by atomic mass is 16.4. The Kier molecular flexibility index (Phi) is 1.85. The molecule has 1 heterocycles. The summed E-state index contributed by atoms with van der Waals surface area (Å²) in [7, 11) is 0. The van der Waals surface area contributed by atoms with E-state index >= 15 is 0 Å². The zero-order valence-corrected chi connectivity index (χ0v) is 7.45. The predicted octanol–water partition coefficient (Wildman–Crippen LogP) is 2.34. The van der Waals surface area contributed by atoms with Crippen molar-refractivity contribution < 1.29 is 9.90 Å². The zero-order chi connectivity index (χ0) is 10.1. The van der Waals surface area contributed by atoms with Gasteiger partial charge in [-0.15, -0.1) is 0 Å². The van der Waals surface area contributed by atoms with E-state index in [1.54, 1.807) is 24.4 Å². The fourth-order valence-electron chi connectivity index (χ4n) is 1.51. The molecular formula is C11H9NO2. The molecule has 3 nitrogen and oxygen atoms in total. The molecule has 0 bridgehead atoms. The van der Waals surface area contributed by atoms with Gasteiger partial charge in [0, 0.05) is 17.5 Å². The molecule has 0 radical (unpaired) electrons. The Morgan fingerprint density at radius 1 is 1.43 bits per heavy atom. The van der Waals surface area contributed by atoms with Crippen molar-refractivity contribution in [2.45, 2.75) is 0 Å². The predicted molar refractivity (Wildman–Crippen MR) is 55.2 cm³/mol. The van der Waals surface area contributed by atoms with Crippen molar-refractivity contribution in [1.29, 1.82) is 0 Å². The van der Waals surface area contributed by atoms with Crippen LogP contribution in [0.1, 0.15) is 15.9 Å². The molecule has 0 unspecified atom stereocenters. The van der Waals surface area contributed by atoms with Gasteiger partial charge in [-0.05, 0) is 23.8 Å². The first kappa shape index (κ1) is 8.56. The monoisotopic (exact) mass is 187 g/mol. The van der Waals surface area contributed by atoms with Crippen molar-refractivity contribution in [3.05, 3.63) is 48.2 Å². The van der Waals surface area contributed by atoms with Crippen LogP contribution in [0.5, 0.6) is 0 Å². The molecule has 1 aliphatic rings. The van der Waals surface area contributed by atoms with E-state index in [0.29, 0.717) is 5.56 Å². The summed E-state index contributed by atoms with van der Waals surface area (Å²) in [4.78, 5) is 10.9. The average molecular weight is 187 g/mol. The van der Waals surface area contributed by atoms with Gasteiger partial charge in [-0.2, -0.15) is 0 Å². The third-order valence-corrected chi connectivity index (χ3v) is 2.14. The summed E-state index contributed by atoms with van der Waals surface area (Å²) in [5, 5.41) is 11.9. The number of nitrogens with one attached hydrogen (secondary N) is 1. The second kappa shape index (κ2) is 3.03. The van der Waals surface area contributed by atoms with E-state index in [9.17, 15) is 4.79 Å². The maximum Gasteiger partial charge on any atom is 0.336 e. The molecule has 1 aromatic carbocycles. The molecule has 0 fully saturated rings. The molecule has 0 aliphatic carbocycles. The van der Waals surface area contributed by atoms with E-state index in [1.807, 2.05) is 6.07 Å². The van der Waals surface area contributed by atoms with Gasteiger partial charge in [0.15, 0.2) is 0 Å². The summed E-state index contributed by atoms with van der Waals surface area (Å²) >= 11 is 0. The second-order valence-corrected chi connectivity index (χ2v) is 3.04. The van der Waals surface area contributed by atoms with Crippen LogP contribution in [-0.2, 0) is 0 Å². The Labute approximate surface area is 81.4 Å². The number of hydrogen-bond acceptors (Lipinski definition) is 2. The lowest BCUT2D eigenvalue weighted by atomic mass is 9.97. The number of benzene rings is 1. The van der Waals surface area contributed by atoms with Crippen LogP contribution in [0.2, 0.25) is 0 Å². The quantitative estimate of drug-likeness (QED) is 0.709. The van der Waals surface area contributed by atoms with E-state index < -0.39 is 5.97 Å². The van der Waals surface area contributed by atoms with Crippen LogP contribution >= 0.6 is 0 Å². The summed E-state index contributed by atoms with van der Waals surface area (Å²) in [6.07, 6.45) is 3.51. The van der Waals surface area contributed by atoms with Crippen LogP contribution in [0.4, 0.5) is 5.69 Å². The minimum Gasteiger partial charge on any atom is -0.478 e. The highest BCUT2D eigenvalue weighted by Gasteiger charge is 2.16. The summed E-state index contributed by atoms with van der Waals surface area (Å²) in [6, 6.07) is 5.12. The molecule has 2 N–H and O–H groups in total. The zero-order valence-electron chi connectivity index (χ0n) is 7.45. The number of carboxylic acids is 1. The fraction of sp³-hybridized carbons (Fsp3) is 0. The largest absolute Gasteiger partial charge is 0.478 e. The maximum absolute atomic E-state index is 10.9. The van der Waals surface area contributed by atoms with E-state index in [-0.39, 0.29) is 5.56 Å². The molecule has 2 rings (SSSR count). The SMILES string of the molecule is C=C1C=CNc2cccc(C(=O)O)c21. The molecule has 0 spiro atoms. The molecule has 14 heavy (non-hydrogen) atoms. The Morgan fingerprint density at radius 3 is 2.93 bits per heavy atom. The van der Waals surface area contributed by atoms with Crippen LogP contribution in [0, 0.1) is 0 Å². The lowest BCUT2D eigenvalue weighted by Crippen LogP contribution is -2.06. The molecule has 0 saturated carbocycles. The van der Waals surface area contributed by atoms with E-state index in [4.69, 9.17) is 5.11 Å². The smallest absolute Gasteiger partial charge is 0.336 e. The lowest BCUT2D eigenvalue weighted by Gasteiger charge is -2.16. The van der Waals surface area contributed by atoms with Crippen molar-refractivity contribution in [3.63, 3.8) is 0 Å². The molecule has 0 atom stereocenters. The molecule has 70 valence electrons. The first-order valence-electron chi connectivity index (χ1n) is 4.19. The summed E-state index contributed by atoms with van der Waals surface area (Å²) in [5.74, 6) is -0.930. The van der Waals surface area contributed by atoms with Gasteiger partial charge in [0.25, 0.3) is 0 Å². The van der Waals surface area contributed by atoms with Crippen molar-refractivity contribution in [2.75, 3.05) is 5.32 Å². The Bertz CT molecular complexity index is 447. The summed E-state index contributed by atoms with van der Waals surface area (Å²) in [5.41, 5.74) is 2.46. The number of allylic oxidation sites excluding steroid dienone is 2. The average Bonchev–Trinajstić information content (AvgIpc) is 2.17. The highest BCUT2D eigenvalue weighted by molar-refractivity contribution is 5.99. The van der Waals surface area contributed by atoms with Crippen LogP contribution in [-0.4, -0.2) is 11.1 Å². The number of fused-ring (bicyclic) bond motifs is 1. The standard InChI is InChI=1S/C11H9NO2/c1-7-5-6-12-9-4-2-3-8(10(7)9)11(13)14/h2-6,12H,1H2,(H,13,14). The minimum absolute atomic E-state index is 0.282. The van der Waals surface area contributed by atoms with Gasteiger partial charge in [0.2, 0.25) is 0 Å². The number of aromatic carboxylic acids is 1. The third kappa shape index (κ3) is 1.19. The highest BCUT2D eigenvalue weighted by Crippen LogP contribution is 2.30. The van der Waals surface area contributed by atoms with Crippen molar-refractivity contribution in [1.82, 2.24) is 0 Å². The molecule has 3 heteroatoms. The van der Waals surface area contributed by atoms with Crippen LogP contribution in [0.15, 0.2) is 37.1 Å². The number of carboxylic acid groups (broad SMARTS) is 1. The fourth-order valence-corrected chi connectivity index (χ4v) is 1.51. The van der Waals surface area contributed by atoms with Crippen molar-refractivity contribution in [3.8, 4) is 0 Å². The van der Waals surface area contributed by atoms with Gasteiger partial charge < -0.3 is 10.4 Å². The van der Waals surface area contributed by atoms with Gasteiger partial charge in [0.1, 0.15) is 0 Å². The van der Waals surface area contributed by atoms with E-state index in [1.165, 1.54) is 0 Å². The molecule has 1 aromatic rings. The molecule has 1 aliphatic heterocycles. The van der Waals surface area contributed by atoms with E-state index in [0.717, 1.165) is 11.3 Å². The van der Waals surface area contributed by atoms with Gasteiger partial charge in [-0.1, -0.05) is 12.6 Å². The maximum atomic E-state index is 10.9. The van der Waals surface area contributed by atoms with Crippen molar-refractivity contribution >= 4 is 17.2 Å². The third-order valence-electron chi connectivity index (χ3n) is 2.14. The Hall–Kier alpha value is -2.03. The Balaban J connectivity index is 2.67. The Morgan fingerprint density at radius 2 is 2.21 bits per heavy atom. The van der Waals surface area contributed by atoms with Gasteiger partial charge in [-0.3, -0.25) is 0 Å².